The highest BCUT2D eigenvalue weighted by Crippen LogP contribution is 2.34. The fraction of sp³-hybridized carbons (Fsp3) is 0.212. The molecule has 0 aliphatic carbocycles. The second-order valence-electron chi connectivity index (χ2n) is 10.4. The van der Waals surface area contributed by atoms with Gasteiger partial charge < -0.3 is 19.3 Å². The number of halogens is 1. The number of hydrogen-bond acceptors (Lipinski definition) is 5. The minimum absolute atomic E-state index is 0.126. The van der Waals surface area contributed by atoms with Crippen molar-refractivity contribution in [1.29, 1.82) is 0 Å². The molecule has 5 aromatic rings. The first-order valence-corrected chi connectivity index (χ1v) is 13.8. The summed E-state index contributed by atoms with van der Waals surface area (Å²) in [6.07, 6.45) is 1.76. The second kappa shape index (κ2) is 10.3. The number of piperazine rings is 1. The minimum atomic E-state index is -0.332. The number of fused-ring (bicyclic) bond motifs is 2. The number of ether oxygens (including phenoxy) is 2. The molecule has 0 unspecified atom stereocenters. The number of hydrogen-bond donors (Lipinski definition) is 0. The van der Waals surface area contributed by atoms with Gasteiger partial charge in [-0.2, -0.15) is 0 Å². The molecular weight excluding hydrogens is 519 g/mol. The average molecular weight is 549 g/mol. The van der Waals surface area contributed by atoms with Crippen LogP contribution in [0.2, 0.25) is 0 Å². The highest BCUT2D eigenvalue weighted by molar-refractivity contribution is 5.93. The molecular formula is C33H29FN4O3. The van der Waals surface area contributed by atoms with Crippen molar-refractivity contribution in [2.75, 3.05) is 44.3 Å². The molecule has 1 aromatic heterocycles. The average Bonchev–Trinajstić information content (AvgIpc) is 3.46. The predicted octanol–water partition coefficient (Wildman–Crippen LogP) is 5.87. The van der Waals surface area contributed by atoms with Crippen molar-refractivity contribution in [3.63, 3.8) is 0 Å². The Morgan fingerprint density at radius 3 is 2.39 bits per heavy atom. The van der Waals surface area contributed by atoms with Crippen LogP contribution in [0, 0.1) is 12.7 Å². The molecule has 1 amide bonds. The number of benzene rings is 4. The van der Waals surface area contributed by atoms with Gasteiger partial charge in [-0.3, -0.25) is 9.36 Å². The molecule has 0 saturated carbocycles. The summed E-state index contributed by atoms with van der Waals surface area (Å²) in [6.45, 7) is 5.77. The second-order valence-corrected chi connectivity index (χ2v) is 10.4. The smallest absolute Gasteiger partial charge is 0.274 e. The van der Waals surface area contributed by atoms with E-state index >= 15 is 0 Å². The summed E-state index contributed by atoms with van der Waals surface area (Å²) in [5.41, 5.74) is 4.24. The molecule has 0 atom stereocenters. The molecule has 7 rings (SSSR count). The maximum Gasteiger partial charge on any atom is 0.274 e. The van der Waals surface area contributed by atoms with Crippen LogP contribution in [0.4, 0.5) is 10.1 Å². The van der Waals surface area contributed by atoms with E-state index in [0.717, 1.165) is 18.8 Å². The monoisotopic (exact) mass is 548 g/mol. The normalized spacial score (nSPS) is 14.9. The third-order valence-corrected chi connectivity index (χ3v) is 7.82. The van der Waals surface area contributed by atoms with E-state index in [1.54, 1.807) is 18.3 Å². The van der Waals surface area contributed by atoms with Crippen molar-refractivity contribution in [2.45, 2.75) is 6.92 Å². The van der Waals surface area contributed by atoms with Gasteiger partial charge in [-0.05, 0) is 71.8 Å². The van der Waals surface area contributed by atoms with Crippen LogP contribution in [0.15, 0.2) is 85.1 Å². The number of amides is 1. The Morgan fingerprint density at radius 1 is 0.829 bits per heavy atom. The molecule has 1 saturated heterocycles. The molecule has 8 heteroatoms. The van der Waals surface area contributed by atoms with Gasteiger partial charge in [0.2, 0.25) is 0 Å². The van der Waals surface area contributed by atoms with E-state index in [1.807, 2.05) is 27.7 Å². The van der Waals surface area contributed by atoms with Gasteiger partial charge in [0.15, 0.2) is 11.5 Å². The first kappa shape index (κ1) is 25.1. The molecule has 3 heterocycles. The van der Waals surface area contributed by atoms with Crippen molar-refractivity contribution in [3.05, 3.63) is 102 Å². The summed E-state index contributed by atoms with van der Waals surface area (Å²) in [4.78, 5) is 22.7. The molecule has 1 fully saturated rings. The molecule has 0 radical (unpaired) electrons. The van der Waals surface area contributed by atoms with Crippen molar-refractivity contribution in [3.8, 4) is 28.6 Å². The predicted molar refractivity (Wildman–Crippen MR) is 157 cm³/mol. The first-order valence-electron chi connectivity index (χ1n) is 13.8. The van der Waals surface area contributed by atoms with Crippen LogP contribution in [0.25, 0.3) is 27.8 Å². The van der Waals surface area contributed by atoms with Gasteiger partial charge in [-0.25, -0.2) is 9.37 Å². The van der Waals surface area contributed by atoms with Crippen molar-refractivity contribution < 1.29 is 18.7 Å². The zero-order valence-electron chi connectivity index (χ0n) is 22.7. The van der Waals surface area contributed by atoms with E-state index < -0.39 is 0 Å². The lowest BCUT2D eigenvalue weighted by molar-refractivity contribution is 0.0741. The summed E-state index contributed by atoms with van der Waals surface area (Å²) in [6, 6.07) is 24.6. The molecule has 0 bridgehead atoms. The van der Waals surface area contributed by atoms with Gasteiger partial charge in [0, 0.05) is 49.7 Å². The van der Waals surface area contributed by atoms with Crippen LogP contribution in [0.3, 0.4) is 0 Å². The molecule has 2 aliphatic heterocycles. The molecule has 7 nitrogen and oxygen atoms in total. The lowest BCUT2D eigenvalue weighted by Crippen LogP contribution is -2.48. The van der Waals surface area contributed by atoms with E-state index in [9.17, 15) is 9.18 Å². The summed E-state index contributed by atoms with van der Waals surface area (Å²) >= 11 is 0. The Balaban J connectivity index is 1.16. The topological polar surface area (TPSA) is 59.8 Å². The minimum Gasteiger partial charge on any atom is -0.486 e. The summed E-state index contributed by atoms with van der Waals surface area (Å²) in [5.74, 6) is 1.41. The van der Waals surface area contributed by atoms with Gasteiger partial charge in [-0.1, -0.05) is 24.3 Å². The number of imidazole rings is 1. The molecule has 41 heavy (non-hydrogen) atoms. The first-order chi connectivity index (χ1) is 20.0. The van der Waals surface area contributed by atoms with Gasteiger partial charge in [0.25, 0.3) is 5.91 Å². The molecule has 2 aliphatic rings. The van der Waals surface area contributed by atoms with E-state index in [2.05, 4.69) is 48.2 Å². The number of rotatable bonds is 4. The van der Waals surface area contributed by atoms with E-state index in [4.69, 9.17) is 14.5 Å². The Bertz CT molecular complexity index is 1760. The summed E-state index contributed by atoms with van der Waals surface area (Å²) in [5, 5.41) is 2.48. The molecule has 0 N–H and O–H groups in total. The lowest BCUT2D eigenvalue weighted by atomic mass is 10.0. The number of carbonyl (C=O) groups is 1. The summed E-state index contributed by atoms with van der Waals surface area (Å²) < 4.78 is 27.0. The van der Waals surface area contributed by atoms with Gasteiger partial charge in [0.05, 0.1) is 5.69 Å². The Kier molecular flexibility index (Phi) is 6.30. The van der Waals surface area contributed by atoms with Crippen LogP contribution in [-0.4, -0.2) is 59.8 Å². The van der Waals surface area contributed by atoms with Crippen molar-refractivity contribution in [1.82, 2.24) is 14.5 Å². The zero-order chi connectivity index (χ0) is 27.9. The molecule has 0 spiro atoms. The Labute approximate surface area is 237 Å². The number of aromatic nitrogens is 2. The highest BCUT2D eigenvalue weighted by atomic mass is 19.1. The van der Waals surface area contributed by atoms with Crippen LogP contribution in [-0.2, 0) is 0 Å². The van der Waals surface area contributed by atoms with Gasteiger partial charge in [0.1, 0.15) is 30.5 Å². The molecule has 4 aromatic carbocycles. The van der Waals surface area contributed by atoms with Crippen molar-refractivity contribution >= 4 is 22.4 Å². The number of aryl methyl sites for hydroxylation is 1. The fourth-order valence-electron chi connectivity index (χ4n) is 5.66. The zero-order valence-corrected chi connectivity index (χ0v) is 22.7. The number of anilines is 1. The lowest BCUT2D eigenvalue weighted by Gasteiger charge is -2.36. The fourth-order valence-corrected chi connectivity index (χ4v) is 5.66. The highest BCUT2D eigenvalue weighted by Gasteiger charge is 2.26. The standard InChI is InChI=1S/C33H29FN4O3/c1-22-18-27(19-24-4-2-3-5-28(22)24)36-12-14-37(15-13-36)33(39)29-21-38(32(35-29)23-6-8-25(34)9-7-23)26-10-11-30-31(20-26)41-17-16-40-30/h2-11,18-21H,12-17H2,1H3. The SMILES string of the molecule is Cc1cc(N2CCN(C(=O)c3cn(-c4ccc5c(c4)OCCO5)c(-c4ccc(F)cc4)n3)CC2)cc2ccccc12. The summed E-state index contributed by atoms with van der Waals surface area (Å²) in [7, 11) is 0. The third kappa shape index (κ3) is 4.75. The Hall–Kier alpha value is -4.85. The van der Waals surface area contributed by atoms with Gasteiger partial charge >= 0.3 is 0 Å². The van der Waals surface area contributed by atoms with Crippen LogP contribution >= 0.6 is 0 Å². The maximum atomic E-state index is 13.7. The van der Waals surface area contributed by atoms with Crippen molar-refractivity contribution in [2.24, 2.45) is 0 Å². The van der Waals surface area contributed by atoms with E-state index in [0.29, 0.717) is 54.9 Å². The largest absolute Gasteiger partial charge is 0.486 e. The Morgan fingerprint density at radius 2 is 1.59 bits per heavy atom. The quantitative estimate of drug-likeness (QED) is 0.281. The van der Waals surface area contributed by atoms with Crippen LogP contribution < -0.4 is 14.4 Å². The van der Waals surface area contributed by atoms with E-state index in [-0.39, 0.29) is 11.7 Å². The number of nitrogens with zero attached hydrogens (tertiary/aromatic N) is 4. The van der Waals surface area contributed by atoms with Crippen LogP contribution in [0.5, 0.6) is 11.5 Å². The maximum absolute atomic E-state index is 13.7. The van der Waals surface area contributed by atoms with Crippen LogP contribution in [0.1, 0.15) is 16.1 Å². The van der Waals surface area contributed by atoms with Gasteiger partial charge in [-0.15, -0.1) is 0 Å². The van der Waals surface area contributed by atoms with E-state index in [1.165, 1.54) is 34.2 Å². The third-order valence-electron chi connectivity index (χ3n) is 7.82. The molecule has 206 valence electrons. The number of carbonyl (C=O) groups excluding carboxylic acids is 1.